The van der Waals surface area contributed by atoms with Crippen molar-refractivity contribution in [2.45, 2.75) is 38.9 Å². The Hall–Kier alpha value is -1.39. The van der Waals surface area contributed by atoms with Crippen molar-refractivity contribution in [3.63, 3.8) is 0 Å². The van der Waals surface area contributed by atoms with Crippen molar-refractivity contribution >= 4 is 5.97 Å². The monoisotopic (exact) mass is 266 g/mol. The minimum atomic E-state index is -0.874. The summed E-state index contributed by atoms with van der Waals surface area (Å²) in [6.45, 7) is 2.48. The number of esters is 1. The topological polar surface area (TPSA) is 55.8 Å². The maximum absolute atomic E-state index is 10.9. The summed E-state index contributed by atoms with van der Waals surface area (Å²) in [5, 5.41) is 9.80. The van der Waals surface area contributed by atoms with Crippen molar-refractivity contribution in [3.05, 3.63) is 35.4 Å². The number of aryl methyl sites for hydroxylation is 1. The molecule has 0 spiro atoms. The molecule has 0 aromatic heterocycles. The Labute approximate surface area is 114 Å². The molecule has 0 fully saturated rings. The van der Waals surface area contributed by atoms with Crippen molar-refractivity contribution in [3.8, 4) is 0 Å². The van der Waals surface area contributed by atoms with Gasteiger partial charge < -0.3 is 14.6 Å². The fourth-order valence-electron chi connectivity index (χ4n) is 1.67. The number of methoxy groups -OCH3 is 1. The molecule has 0 aliphatic heterocycles. The highest BCUT2D eigenvalue weighted by Crippen LogP contribution is 2.15. The highest BCUT2D eigenvalue weighted by Gasteiger charge is 2.06. The van der Waals surface area contributed by atoms with E-state index >= 15 is 0 Å². The van der Waals surface area contributed by atoms with Gasteiger partial charge in [-0.3, -0.25) is 4.79 Å². The number of rotatable bonds is 8. The van der Waals surface area contributed by atoms with Crippen LogP contribution in [0.2, 0.25) is 0 Å². The first-order valence-corrected chi connectivity index (χ1v) is 6.56. The van der Waals surface area contributed by atoms with Crippen molar-refractivity contribution in [1.29, 1.82) is 0 Å². The fourth-order valence-corrected chi connectivity index (χ4v) is 1.67. The molecule has 0 aliphatic carbocycles. The van der Waals surface area contributed by atoms with Crippen molar-refractivity contribution in [2.24, 2.45) is 0 Å². The van der Waals surface area contributed by atoms with Gasteiger partial charge in [-0.2, -0.15) is 0 Å². The molecule has 1 atom stereocenters. The molecule has 1 N–H and O–H groups in total. The Morgan fingerprint density at radius 3 is 2.53 bits per heavy atom. The number of aliphatic hydroxyl groups excluding tert-OH is 1. The summed E-state index contributed by atoms with van der Waals surface area (Å²) in [6.07, 6.45) is 2.06. The van der Waals surface area contributed by atoms with E-state index < -0.39 is 6.29 Å². The molecule has 0 saturated carbocycles. The second-order valence-electron chi connectivity index (χ2n) is 4.52. The number of aliphatic hydroxyl groups is 1. The lowest BCUT2D eigenvalue weighted by atomic mass is 10.1. The third kappa shape index (κ3) is 6.36. The smallest absolute Gasteiger partial charge is 0.305 e. The van der Waals surface area contributed by atoms with E-state index in [0.29, 0.717) is 13.0 Å². The van der Waals surface area contributed by atoms with Crippen molar-refractivity contribution in [1.82, 2.24) is 0 Å². The minimum Gasteiger partial charge on any atom is -0.469 e. The lowest BCUT2D eigenvalue weighted by molar-refractivity contribution is -0.140. The van der Waals surface area contributed by atoms with Gasteiger partial charge in [0.1, 0.15) is 0 Å². The molecule has 106 valence electrons. The number of benzene rings is 1. The molecule has 19 heavy (non-hydrogen) atoms. The quantitative estimate of drug-likeness (QED) is 0.446. The molecule has 4 heteroatoms. The van der Waals surface area contributed by atoms with Gasteiger partial charge in [0.25, 0.3) is 0 Å². The zero-order valence-corrected chi connectivity index (χ0v) is 11.6. The maximum Gasteiger partial charge on any atom is 0.305 e. The van der Waals surface area contributed by atoms with Crippen LogP contribution in [0.25, 0.3) is 0 Å². The first-order valence-electron chi connectivity index (χ1n) is 6.56. The number of unbranched alkanes of at least 4 members (excludes halogenated alkanes) is 2. The molecule has 0 saturated heterocycles. The van der Waals surface area contributed by atoms with Gasteiger partial charge in [0.05, 0.1) is 13.7 Å². The Morgan fingerprint density at radius 2 is 1.89 bits per heavy atom. The van der Waals surface area contributed by atoms with E-state index in [2.05, 4.69) is 4.74 Å². The Balaban J connectivity index is 2.12. The number of hydrogen-bond acceptors (Lipinski definition) is 4. The van der Waals surface area contributed by atoms with Crippen LogP contribution in [0.3, 0.4) is 0 Å². The summed E-state index contributed by atoms with van der Waals surface area (Å²) in [4.78, 5) is 10.9. The van der Waals surface area contributed by atoms with Crippen LogP contribution in [-0.4, -0.2) is 24.8 Å². The van der Waals surface area contributed by atoms with Gasteiger partial charge in [0, 0.05) is 12.0 Å². The molecular formula is C15H22O4. The van der Waals surface area contributed by atoms with Crippen LogP contribution in [-0.2, 0) is 14.3 Å². The van der Waals surface area contributed by atoms with Crippen LogP contribution in [0.5, 0.6) is 0 Å². The van der Waals surface area contributed by atoms with E-state index in [-0.39, 0.29) is 5.97 Å². The lowest BCUT2D eigenvalue weighted by Crippen LogP contribution is -2.05. The van der Waals surface area contributed by atoms with E-state index in [1.54, 1.807) is 0 Å². The highest BCUT2D eigenvalue weighted by atomic mass is 16.6. The normalized spacial score (nSPS) is 12.2. The van der Waals surface area contributed by atoms with Crippen LogP contribution < -0.4 is 0 Å². The summed E-state index contributed by atoms with van der Waals surface area (Å²) in [5.74, 6) is -0.180. The Bertz CT molecular complexity index is 372. The van der Waals surface area contributed by atoms with Gasteiger partial charge in [-0.15, -0.1) is 0 Å². The summed E-state index contributed by atoms with van der Waals surface area (Å²) < 4.78 is 9.89. The van der Waals surface area contributed by atoms with Gasteiger partial charge in [0.2, 0.25) is 0 Å². The van der Waals surface area contributed by atoms with Gasteiger partial charge in [-0.1, -0.05) is 36.2 Å². The third-order valence-corrected chi connectivity index (χ3v) is 2.89. The predicted octanol–water partition coefficient (Wildman–Crippen LogP) is 2.74. The summed E-state index contributed by atoms with van der Waals surface area (Å²) in [5.41, 5.74) is 1.92. The fraction of sp³-hybridized carbons (Fsp3) is 0.533. The van der Waals surface area contributed by atoms with Gasteiger partial charge in [0.15, 0.2) is 6.29 Å². The van der Waals surface area contributed by atoms with Crippen LogP contribution in [0.4, 0.5) is 0 Å². The second-order valence-corrected chi connectivity index (χ2v) is 4.52. The van der Waals surface area contributed by atoms with Crippen LogP contribution in [0, 0.1) is 6.92 Å². The molecule has 0 aliphatic rings. The van der Waals surface area contributed by atoms with E-state index in [1.165, 1.54) is 7.11 Å². The van der Waals surface area contributed by atoms with Crippen LogP contribution in [0.15, 0.2) is 24.3 Å². The lowest BCUT2D eigenvalue weighted by Gasteiger charge is -2.12. The minimum absolute atomic E-state index is 0.180. The molecule has 1 aromatic carbocycles. The average Bonchev–Trinajstić information content (AvgIpc) is 2.42. The average molecular weight is 266 g/mol. The molecule has 0 amide bonds. The number of ether oxygens (including phenoxy) is 2. The predicted molar refractivity (Wildman–Crippen MR) is 72.6 cm³/mol. The SMILES string of the molecule is COC(=O)CCCCCOC(O)c1ccc(C)cc1. The number of carbonyl (C=O) groups is 1. The zero-order chi connectivity index (χ0) is 14.1. The molecule has 0 heterocycles. The van der Waals surface area contributed by atoms with E-state index in [0.717, 1.165) is 30.4 Å². The first-order chi connectivity index (χ1) is 9.13. The molecule has 1 aromatic rings. The second kappa shape index (κ2) is 8.67. The molecule has 0 bridgehead atoms. The van der Waals surface area contributed by atoms with E-state index in [9.17, 15) is 9.90 Å². The Morgan fingerprint density at radius 1 is 1.21 bits per heavy atom. The first kappa shape index (κ1) is 15.7. The molecule has 1 rings (SSSR count). The maximum atomic E-state index is 10.9. The molecule has 1 unspecified atom stereocenters. The van der Waals surface area contributed by atoms with Crippen molar-refractivity contribution in [2.75, 3.05) is 13.7 Å². The standard InChI is InChI=1S/C15H22O4/c1-12-7-9-13(10-8-12)15(17)19-11-5-3-4-6-14(16)18-2/h7-10,15,17H,3-6,11H2,1-2H3. The van der Waals surface area contributed by atoms with E-state index in [1.807, 2.05) is 31.2 Å². The summed E-state index contributed by atoms with van der Waals surface area (Å²) >= 11 is 0. The largest absolute Gasteiger partial charge is 0.469 e. The van der Waals surface area contributed by atoms with Crippen LogP contribution in [0.1, 0.15) is 43.1 Å². The summed E-state index contributed by atoms with van der Waals surface area (Å²) in [6, 6.07) is 7.60. The summed E-state index contributed by atoms with van der Waals surface area (Å²) in [7, 11) is 1.39. The highest BCUT2D eigenvalue weighted by molar-refractivity contribution is 5.68. The van der Waals surface area contributed by atoms with Crippen LogP contribution >= 0.6 is 0 Å². The third-order valence-electron chi connectivity index (χ3n) is 2.89. The molecular weight excluding hydrogens is 244 g/mol. The van der Waals surface area contributed by atoms with Gasteiger partial charge >= 0.3 is 5.97 Å². The number of carbonyl (C=O) groups excluding carboxylic acids is 1. The Kier molecular flexibility index (Phi) is 7.15. The number of hydrogen-bond donors (Lipinski definition) is 1. The molecule has 4 nitrogen and oxygen atoms in total. The van der Waals surface area contributed by atoms with Crippen molar-refractivity contribution < 1.29 is 19.4 Å². The molecule has 0 radical (unpaired) electrons. The van der Waals surface area contributed by atoms with Gasteiger partial charge in [-0.05, 0) is 19.8 Å². The van der Waals surface area contributed by atoms with E-state index in [4.69, 9.17) is 4.74 Å². The zero-order valence-electron chi connectivity index (χ0n) is 11.6. The van der Waals surface area contributed by atoms with Gasteiger partial charge in [-0.25, -0.2) is 0 Å².